The van der Waals surface area contributed by atoms with Crippen LogP contribution in [0.1, 0.15) is 47.6 Å². The van der Waals surface area contributed by atoms with Crippen LogP contribution < -0.4 is 0 Å². The van der Waals surface area contributed by atoms with Gasteiger partial charge < -0.3 is 14.7 Å². The van der Waals surface area contributed by atoms with Crippen LogP contribution in [0, 0.1) is 5.82 Å². The molecule has 1 unspecified atom stereocenters. The average Bonchev–Trinajstić information content (AvgIpc) is 3.04. The van der Waals surface area contributed by atoms with Gasteiger partial charge in [0.05, 0.1) is 11.6 Å². The first-order chi connectivity index (χ1) is 15.0. The van der Waals surface area contributed by atoms with Crippen LogP contribution in [0.4, 0.5) is 4.39 Å². The Hall–Kier alpha value is -2.99. The van der Waals surface area contributed by atoms with Gasteiger partial charge in [-0.2, -0.15) is 0 Å². The summed E-state index contributed by atoms with van der Waals surface area (Å²) in [5, 5.41) is 11.2. The summed E-state index contributed by atoms with van der Waals surface area (Å²) in [6.45, 7) is 0.728. The van der Waals surface area contributed by atoms with Gasteiger partial charge in [-0.05, 0) is 67.0 Å². The first kappa shape index (κ1) is 21.2. The SMILES string of the molecule is COCCCN1C(=O)C(=O)/C(=C(\O)c2ccc3c(c2)CCCC3)C1c1ccc(F)cc1. The Balaban J connectivity index is 1.79. The summed E-state index contributed by atoms with van der Waals surface area (Å²) >= 11 is 0. The Kier molecular flexibility index (Phi) is 6.18. The van der Waals surface area contributed by atoms with Gasteiger partial charge in [0, 0.05) is 25.8 Å². The fraction of sp³-hybridized carbons (Fsp3) is 0.360. The number of hydrogen-bond acceptors (Lipinski definition) is 4. The van der Waals surface area contributed by atoms with Crippen LogP contribution in [0.2, 0.25) is 0 Å². The van der Waals surface area contributed by atoms with E-state index in [9.17, 15) is 19.1 Å². The molecular weight excluding hydrogens is 397 g/mol. The number of amides is 1. The molecule has 1 saturated heterocycles. The Morgan fingerprint density at radius 3 is 2.52 bits per heavy atom. The largest absolute Gasteiger partial charge is 0.507 e. The van der Waals surface area contributed by atoms with Crippen molar-refractivity contribution >= 4 is 17.4 Å². The number of carbonyl (C=O) groups is 2. The molecule has 5 nitrogen and oxygen atoms in total. The van der Waals surface area contributed by atoms with E-state index in [2.05, 4.69) is 0 Å². The average molecular weight is 423 g/mol. The molecule has 2 aliphatic rings. The number of aliphatic hydroxyl groups excluding tert-OH is 1. The minimum atomic E-state index is -0.770. The predicted molar refractivity (Wildman–Crippen MR) is 115 cm³/mol. The zero-order valence-electron chi connectivity index (χ0n) is 17.6. The molecule has 0 radical (unpaired) electrons. The van der Waals surface area contributed by atoms with Gasteiger partial charge in [-0.1, -0.05) is 24.3 Å². The van der Waals surface area contributed by atoms with E-state index in [4.69, 9.17) is 4.74 Å². The predicted octanol–water partition coefficient (Wildman–Crippen LogP) is 4.16. The highest BCUT2D eigenvalue weighted by Crippen LogP contribution is 2.40. The molecule has 1 heterocycles. The van der Waals surface area contributed by atoms with Crippen molar-refractivity contribution in [2.45, 2.75) is 38.1 Å². The van der Waals surface area contributed by atoms with Gasteiger partial charge in [0.25, 0.3) is 11.7 Å². The van der Waals surface area contributed by atoms with E-state index < -0.39 is 23.5 Å². The molecule has 1 amide bonds. The van der Waals surface area contributed by atoms with E-state index in [-0.39, 0.29) is 11.3 Å². The molecule has 0 bridgehead atoms. The fourth-order valence-corrected chi connectivity index (χ4v) is 4.52. The molecule has 31 heavy (non-hydrogen) atoms. The van der Waals surface area contributed by atoms with Gasteiger partial charge >= 0.3 is 0 Å². The van der Waals surface area contributed by atoms with Gasteiger partial charge in [0.2, 0.25) is 0 Å². The van der Waals surface area contributed by atoms with Crippen molar-refractivity contribution in [3.05, 3.63) is 76.1 Å². The number of rotatable bonds is 6. The smallest absolute Gasteiger partial charge is 0.295 e. The third kappa shape index (κ3) is 4.12. The minimum absolute atomic E-state index is 0.0461. The van der Waals surface area contributed by atoms with Crippen LogP contribution in [0.25, 0.3) is 5.76 Å². The van der Waals surface area contributed by atoms with E-state index in [1.165, 1.54) is 28.2 Å². The second kappa shape index (κ2) is 9.02. The molecule has 162 valence electrons. The summed E-state index contributed by atoms with van der Waals surface area (Å²) in [7, 11) is 1.57. The zero-order valence-corrected chi connectivity index (χ0v) is 17.6. The number of ether oxygens (including phenoxy) is 1. The van der Waals surface area contributed by atoms with Crippen molar-refractivity contribution < 1.29 is 23.8 Å². The Morgan fingerprint density at radius 1 is 1.10 bits per heavy atom. The highest BCUT2D eigenvalue weighted by atomic mass is 19.1. The second-order valence-corrected chi connectivity index (χ2v) is 8.08. The molecule has 2 aromatic carbocycles. The maximum atomic E-state index is 13.5. The number of hydrogen-bond donors (Lipinski definition) is 1. The maximum absolute atomic E-state index is 13.5. The van der Waals surface area contributed by atoms with Crippen molar-refractivity contribution in [2.24, 2.45) is 0 Å². The molecule has 0 aromatic heterocycles. The van der Waals surface area contributed by atoms with Crippen LogP contribution in [0.3, 0.4) is 0 Å². The standard InChI is InChI=1S/C25H26FNO4/c1-31-14-4-13-27-22(17-9-11-20(26)12-10-17)21(24(29)25(27)30)23(28)19-8-7-16-5-2-3-6-18(16)15-19/h7-12,15,22,28H,2-6,13-14H2,1H3/b23-21-. The third-order valence-electron chi connectivity index (χ3n) is 6.10. The lowest BCUT2D eigenvalue weighted by molar-refractivity contribution is -0.140. The van der Waals surface area contributed by atoms with Crippen LogP contribution in [0.15, 0.2) is 48.0 Å². The minimum Gasteiger partial charge on any atom is -0.507 e. The van der Waals surface area contributed by atoms with E-state index in [0.29, 0.717) is 30.7 Å². The molecule has 1 aliphatic heterocycles. The number of aliphatic hydroxyl groups is 1. The molecule has 1 aliphatic carbocycles. The number of nitrogens with zero attached hydrogens (tertiary/aromatic N) is 1. The molecule has 2 aromatic rings. The Bertz CT molecular complexity index is 1030. The van der Waals surface area contributed by atoms with Crippen molar-refractivity contribution in [1.29, 1.82) is 0 Å². The van der Waals surface area contributed by atoms with Crippen molar-refractivity contribution in [2.75, 3.05) is 20.3 Å². The first-order valence-electron chi connectivity index (χ1n) is 10.7. The number of aryl methyl sites for hydroxylation is 2. The lowest BCUT2D eigenvalue weighted by Gasteiger charge is -2.25. The highest BCUT2D eigenvalue weighted by Gasteiger charge is 2.45. The summed E-state index contributed by atoms with van der Waals surface area (Å²) in [5.41, 5.74) is 3.59. The number of benzene rings is 2. The number of halogens is 1. The van der Waals surface area contributed by atoms with Crippen LogP contribution in [-0.4, -0.2) is 42.0 Å². The Morgan fingerprint density at radius 2 is 1.81 bits per heavy atom. The van der Waals surface area contributed by atoms with Crippen LogP contribution in [0.5, 0.6) is 0 Å². The fourth-order valence-electron chi connectivity index (χ4n) is 4.52. The van der Waals surface area contributed by atoms with Gasteiger partial charge in [-0.25, -0.2) is 4.39 Å². The molecule has 0 saturated carbocycles. The molecule has 1 N–H and O–H groups in total. The van der Waals surface area contributed by atoms with Crippen molar-refractivity contribution in [3.8, 4) is 0 Å². The van der Waals surface area contributed by atoms with Crippen molar-refractivity contribution in [1.82, 2.24) is 4.90 Å². The normalized spacial score (nSPS) is 20.2. The number of ketones is 1. The summed E-state index contributed by atoms with van der Waals surface area (Å²) in [6.07, 6.45) is 4.73. The van der Waals surface area contributed by atoms with E-state index >= 15 is 0 Å². The van der Waals surface area contributed by atoms with Gasteiger partial charge in [0.1, 0.15) is 11.6 Å². The second-order valence-electron chi connectivity index (χ2n) is 8.08. The third-order valence-corrected chi connectivity index (χ3v) is 6.10. The number of methoxy groups -OCH3 is 1. The lowest BCUT2D eigenvalue weighted by Crippen LogP contribution is -2.31. The van der Waals surface area contributed by atoms with Gasteiger partial charge in [-0.3, -0.25) is 9.59 Å². The molecule has 4 rings (SSSR count). The first-order valence-corrected chi connectivity index (χ1v) is 10.7. The summed E-state index contributed by atoms with van der Waals surface area (Å²) < 4.78 is 18.6. The van der Waals surface area contributed by atoms with E-state index in [1.807, 2.05) is 12.1 Å². The molecular formula is C25H26FNO4. The number of fused-ring (bicyclic) bond motifs is 1. The van der Waals surface area contributed by atoms with Crippen molar-refractivity contribution in [3.63, 3.8) is 0 Å². The molecule has 1 atom stereocenters. The zero-order chi connectivity index (χ0) is 22.0. The topological polar surface area (TPSA) is 66.8 Å². The quantitative estimate of drug-likeness (QED) is 0.328. The molecule has 1 fully saturated rings. The number of Topliss-reactive ketones (excluding diaryl/α,β-unsaturated/α-hetero) is 1. The van der Waals surface area contributed by atoms with E-state index in [1.54, 1.807) is 25.3 Å². The van der Waals surface area contributed by atoms with Gasteiger partial charge in [-0.15, -0.1) is 0 Å². The molecule has 6 heteroatoms. The summed E-state index contributed by atoms with van der Waals surface area (Å²) in [5.74, 6) is -1.98. The monoisotopic (exact) mass is 423 g/mol. The van der Waals surface area contributed by atoms with E-state index in [0.717, 1.165) is 25.7 Å². The Labute approximate surface area is 181 Å². The number of likely N-dealkylation sites (tertiary alicyclic amines) is 1. The van der Waals surface area contributed by atoms with Crippen LogP contribution >= 0.6 is 0 Å². The number of carbonyl (C=O) groups excluding carboxylic acids is 2. The highest BCUT2D eigenvalue weighted by molar-refractivity contribution is 6.46. The summed E-state index contributed by atoms with van der Waals surface area (Å²) in [6, 6.07) is 10.6. The lowest BCUT2D eigenvalue weighted by atomic mass is 9.88. The molecule has 0 spiro atoms. The van der Waals surface area contributed by atoms with Gasteiger partial charge in [0.15, 0.2) is 0 Å². The summed E-state index contributed by atoms with van der Waals surface area (Å²) in [4.78, 5) is 27.3. The van der Waals surface area contributed by atoms with Crippen LogP contribution in [-0.2, 0) is 27.2 Å². The maximum Gasteiger partial charge on any atom is 0.295 e.